The molecule has 0 spiro atoms. The number of carbonyl (C=O) groups is 2. The maximum absolute atomic E-state index is 11.1. The van der Waals surface area contributed by atoms with Crippen molar-refractivity contribution in [3.63, 3.8) is 0 Å². The molecule has 16 heavy (non-hydrogen) atoms. The number of carbonyl (C=O) groups excluding carboxylic acids is 2. The van der Waals surface area contributed by atoms with Crippen LogP contribution < -0.4 is 21.7 Å². The van der Waals surface area contributed by atoms with Gasteiger partial charge in [0.15, 0.2) is 0 Å². The van der Waals surface area contributed by atoms with E-state index in [1.807, 2.05) is 6.92 Å². The molecule has 0 aromatic rings. The van der Waals surface area contributed by atoms with Crippen LogP contribution in [0, 0.1) is 0 Å². The number of nitrogens with one attached hydrogen (secondary N) is 3. The van der Waals surface area contributed by atoms with Gasteiger partial charge in [0.1, 0.15) is 0 Å². The molecule has 2 amide bonds. The summed E-state index contributed by atoms with van der Waals surface area (Å²) in [6, 6.07) is 0. The molecule has 6 heteroatoms. The van der Waals surface area contributed by atoms with E-state index in [-0.39, 0.29) is 18.4 Å². The lowest BCUT2D eigenvalue weighted by atomic mass is 10.3. The number of hydrogen-bond donors (Lipinski definition) is 4. The molecular weight excluding hydrogens is 208 g/mol. The van der Waals surface area contributed by atoms with Crippen molar-refractivity contribution in [2.45, 2.75) is 19.8 Å². The Labute approximate surface area is 96.3 Å². The second-order valence-corrected chi connectivity index (χ2v) is 3.39. The molecule has 6 nitrogen and oxygen atoms in total. The van der Waals surface area contributed by atoms with Gasteiger partial charge in [-0.15, -0.1) is 0 Å². The lowest BCUT2D eigenvalue weighted by Gasteiger charge is -2.06. The quantitative estimate of drug-likeness (QED) is 0.365. The largest absolute Gasteiger partial charge is 0.355 e. The molecule has 0 aliphatic rings. The molecule has 5 N–H and O–H groups in total. The molecule has 0 rings (SSSR count). The van der Waals surface area contributed by atoms with Gasteiger partial charge in [-0.2, -0.15) is 0 Å². The molecule has 0 unspecified atom stereocenters. The molecule has 0 aliphatic heterocycles. The molecule has 0 aromatic carbocycles. The van der Waals surface area contributed by atoms with Crippen LogP contribution in [0.2, 0.25) is 0 Å². The summed E-state index contributed by atoms with van der Waals surface area (Å²) in [5, 5.41) is 8.39. The van der Waals surface area contributed by atoms with Crippen molar-refractivity contribution < 1.29 is 9.59 Å². The Morgan fingerprint density at radius 3 is 2.12 bits per heavy atom. The van der Waals surface area contributed by atoms with Crippen molar-refractivity contribution in [2.75, 3.05) is 32.7 Å². The van der Waals surface area contributed by atoms with Gasteiger partial charge >= 0.3 is 0 Å². The first-order chi connectivity index (χ1) is 7.70. The Balaban J connectivity index is 3.20. The highest BCUT2D eigenvalue weighted by atomic mass is 16.2. The molecule has 0 atom stereocenters. The summed E-state index contributed by atoms with van der Waals surface area (Å²) in [6.45, 7) is 4.38. The van der Waals surface area contributed by atoms with Gasteiger partial charge in [-0.05, 0) is 19.4 Å². The summed E-state index contributed by atoms with van der Waals surface area (Å²) < 4.78 is 0. The highest BCUT2D eigenvalue weighted by molar-refractivity contribution is 5.78. The van der Waals surface area contributed by atoms with Crippen LogP contribution in [-0.4, -0.2) is 44.5 Å². The molecule has 0 heterocycles. The predicted molar refractivity (Wildman–Crippen MR) is 62.9 cm³/mol. The minimum absolute atomic E-state index is 0.00726. The van der Waals surface area contributed by atoms with Gasteiger partial charge in [0.05, 0.1) is 13.1 Å². The number of rotatable bonds is 9. The van der Waals surface area contributed by atoms with Crippen molar-refractivity contribution in [2.24, 2.45) is 5.73 Å². The summed E-state index contributed by atoms with van der Waals surface area (Å²) in [5.41, 5.74) is 5.12. The third-order valence-corrected chi connectivity index (χ3v) is 1.97. The van der Waals surface area contributed by atoms with Crippen molar-refractivity contribution in [3.05, 3.63) is 0 Å². The van der Waals surface area contributed by atoms with E-state index in [1.165, 1.54) is 0 Å². The van der Waals surface area contributed by atoms with E-state index in [1.54, 1.807) is 0 Å². The first-order valence-electron chi connectivity index (χ1n) is 5.64. The van der Waals surface area contributed by atoms with Crippen molar-refractivity contribution in [1.82, 2.24) is 16.0 Å². The van der Waals surface area contributed by atoms with Crippen molar-refractivity contribution in [3.8, 4) is 0 Å². The maximum Gasteiger partial charge on any atom is 0.233 e. The molecular formula is C10H22N4O2. The van der Waals surface area contributed by atoms with Crippen molar-refractivity contribution in [1.29, 1.82) is 0 Å². The first kappa shape index (κ1) is 14.9. The van der Waals surface area contributed by atoms with E-state index in [2.05, 4.69) is 16.0 Å². The van der Waals surface area contributed by atoms with Gasteiger partial charge in [-0.25, -0.2) is 0 Å². The Kier molecular flexibility index (Phi) is 9.64. The SMILES string of the molecule is CCNCC(=O)NCCCCNC(=O)CN. The zero-order valence-corrected chi connectivity index (χ0v) is 9.84. The fraction of sp³-hybridized carbons (Fsp3) is 0.800. The van der Waals surface area contributed by atoms with Gasteiger partial charge < -0.3 is 21.7 Å². The standard InChI is InChI=1S/C10H22N4O2/c1-2-12-8-10(16)14-6-4-3-5-13-9(15)7-11/h12H,2-8,11H2,1H3,(H,13,15)(H,14,16). The second kappa shape index (κ2) is 10.4. The highest BCUT2D eigenvalue weighted by Gasteiger charge is 1.98. The van der Waals surface area contributed by atoms with Gasteiger partial charge in [-0.1, -0.05) is 6.92 Å². The molecule has 0 aromatic heterocycles. The maximum atomic E-state index is 11.1. The lowest BCUT2D eigenvalue weighted by Crippen LogP contribution is -2.35. The molecule has 0 saturated heterocycles. The van der Waals surface area contributed by atoms with E-state index in [9.17, 15) is 9.59 Å². The van der Waals surface area contributed by atoms with Gasteiger partial charge in [0.25, 0.3) is 0 Å². The van der Waals surface area contributed by atoms with Crippen LogP contribution in [-0.2, 0) is 9.59 Å². The molecule has 0 aliphatic carbocycles. The van der Waals surface area contributed by atoms with Gasteiger partial charge in [0.2, 0.25) is 11.8 Å². The monoisotopic (exact) mass is 230 g/mol. The Hall–Kier alpha value is -1.14. The van der Waals surface area contributed by atoms with Crippen LogP contribution >= 0.6 is 0 Å². The number of likely N-dealkylation sites (N-methyl/N-ethyl adjacent to an activating group) is 1. The normalized spacial score (nSPS) is 9.88. The van der Waals surface area contributed by atoms with Crippen LogP contribution in [0.15, 0.2) is 0 Å². The van der Waals surface area contributed by atoms with E-state index in [0.717, 1.165) is 19.4 Å². The third kappa shape index (κ3) is 9.42. The lowest BCUT2D eigenvalue weighted by molar-refractivity contribution is -0.121. The average molecular weight is 230 g/mol. The Morgan fingerprint density at radius 1 is 1.06 bits per heavy atom. The van der Waals surface area contributed by atoms with Crippen molar-refractivity contribution >= 4 is 11.8 Å². The van der Waals surface area contributed by atoms with Crippen LogP contribution in [0.1, 0.15) is 19.8 Å². The molecule has 94 valence electrons. The zero-order valence-electron chi connectivity index (χ0n) is 9.84. The fourth-order valence-corrected chi connectivity index (χ4v) is 1.08. The molecule has 0 radical (unpaired) electrons. The summed E-state index contributed by atoms with van der Waals surface area (Å²) in [4.78, 5) is 21.9. The summed E-state index contributed by atoms with van der Waals surface area (Å²) >= 11 is 0. The average Bonchev–Trinajstić information content (AvgIpc) is 2.30. The minimum Gasteiger partial charge on any atom is -0.355 e. The number of hydrogen-bond acceptors (Lipinski definition) is 4. The molecule has 0 fully saturated rings. The van der Waals surface area contributed by atoms with Crippen LogP contribution in [0.25, 0.3) is 0 Å². The Bertz CT molecular complexity index is 209. The Morgan fingerprint density at radius 2 is 1.62 bits per heavy atom. The van der Waals surface area contributed by atoms with E-state index in [4.69, 9.17) is 5.73 Å². The number of amides is 2. The number of nitrogens with two attached hydrogens (primary N) is 1. The van der Waals surface area contributed by atoms with E-state index >= 15 is 0 Å². The fourth-order valence-electron chi connectivity index (χ4n) is 1.08. The third-order valence-electron chi connectivity index (χ3n) is 1.97. The summed E-state index contributed by atoms with van der Waals surface area (Å²) in [5.74, 6) is -0.135. The van der Waals surface area contributed by atoms with Gasteiger partial charge in [-0.3, -0.25) is 9.59 Å². The molecule has 0 bridgehead atoms. The smallest absolute Gasteiger partial charge is 0.233 e. The van der Waals surface area contributed by atoms with Crippen LogP contribution in [0.3, 0.4) is 0 Å². The summed E-state index contributed by atoms with van der Waals surface area (Å²) in [6.07, 6.45) is 1.69. The highest BCUT2D eigenvalue weighted by Crippen LogP contribution is 1.84. The zero-order chi connectivity index (χ0) is 12.2. The topological polar surface area (TPSA) is 96.2 Å². The van der Waals surface area contributed by atoms with Crippen LogP contribution in [0.4, 0.5) is 0 Å². The number of unbranched alkanes of at least 4 members (excludes halogenated alkanes) is 1. The predicted octanol–water partition coefficient (Wildman–Crippen LogP) is -1.43. The van der Waals surface area contributed by atoms with E-state index < -0.39 is 0 Å². The first-order valence-corrected chi connectivity index (χ1v) is 5.64. The molecule has 0 saturated carbocycles. The van der Waals surface area contributed by atoms with Crippen LogP contribution in [0.5, 0.6) is 0 Å². The minimum atomic E-state index is -0.142. The van der Waals surface area contributed by atoms with E-state index in [0.29, 0.717) is 19.6 Å². The van der Waals surface area contributed by atoms with Gasteiger partial charge in [0, 0.05) is 13.1 Å². The summed E-state index contributed by atoms with van der Waals surface area (Å²) in [7, 11) is 0. The second-order valence-electron chi connectivity index (χ2n) is 3.39.